The molecule has 0 atom stereocenters. The quantitative estimate of drug-likeness (QED) is 0.504. The Balaban J connectivity index is 1.62. The minimum atomic E-state index is -0.0652. The second-order valence-electron chi connectivity index (χ2n) is 6.99. The third-order valence-corrected chi connectivity index (χ3v) is 6.00. The predicted molar refractivity (Wildman–Crippen MR) is 116 cm³/mol. The minimum Gasteiger partial charge on any atom is -0.395 e. The molecule has 148 valence electrons. The maximum Gasteiger partial charge on any atom is 0.264 e. The zero-order valence-corrected chi connectivity index (χ0v) is 17.1. The summed E-state index contributed by atoms with van der Waals surface area (Å²) in [5.74, 6) is -0.0604. The van der Waals surface area contributed by atoms with Gasteiger partial charge in [-0.2, -0.15) is 5.10 Å². The number of hydrogen-bond donors (Lipinski definition) is 1. The molecule has 2 heterocycles. The number of nitrogens with zero attached hydrogens (tertiary/aromatic N) is 3. The number of benzene rings is 2. The summed E-state index contributed by atoms with van der Waals surface area (Å²) in [6, 6.07) is 22.0. The van der Waals surface area contributed by atoms with Crippen LogP contribution in [0.4, 0.5) is 0 Å². The van der Waals surface area contributed by atoms with Crippen molar-refractivity contribution in [1.82, 2.24) is 14.7 Å². The zero-order valence-electron chi connectivity index (χ0n) is 16.3. The average molecular weight is 406 g/mol. The average Bonchev–Trinajstić information content (AvgIpc) is 3.30. The smallest absolute Gasteiger partial charge is 0.264 e. The molecule has 0 unspecified atom stereocenters. The summed E-state index contributed by atoms with van der Waals surface area (Å²) in [4.78, 5) is 16.6. The van der Waals surface area contributed by atoms with E-state index in [4.69, 9.17) is 0 Å². The first kappa shape index (κ1) is 19.4. The van der Waals surface area contributed by atoms with Crippen LogP contribution >= 0.6 is 11.3 Å². The van der Waals surface area contributed by atoms with Crippen molar-refractivity contribution in [2.45, 2.75) is 20.0 Å². The van der Waals surface area contributed by atoms with Gasteiger partial charge in [-0.3, -0.25) is 9.48 Å². The first-order valence-electron chi connectivity index (χ1n) is 9.60. The molecule has 29 heavy (non-hydrogen) atoms. The number of aromatic nitrogens is 2. The van der Waals surface area contributed by atoms with Crippen LogP contribution < -0.4 is 0 Å². The molecule has 0 bridgehead atoms. The maximum atomic E-state index is 13.2. The van der Waals surface area contributed by atoms with Crippen molar-refractivity contribution < 1.29 is 9.90 Å². The fourth-order valence-electron chi connectivity index (χ4n) is 3.41. The van der Waals surface area contributed by atoms with Crippen molar-refractivity contribution in [2.24, 2.45) is 0 Å². The van der Waals surface area contributed by atoms with Crippen LogP contribution in [0.25, 0.3) is 10.2 Å². The molecule has 6 heteroatoms. The highest BCUT2D eigenvalue weighted by molar-refractivity contribution is 7.20. The molecule has 0 radical (unpaired) electrons. The van der Waals surface area contributed by atoms with Gasteiger partial charge in [0.1, 0.15) is 4.83 Å². The Morgan fingerprint density at radius 3 is 2.38 bits per heavy atom. The first-order chi connectivity index (χ1) is 14.2. The van der Waals surface area contributed by atoms with Crippen molar-refractivity contribution in [2.75, 3.05) is 13.2 Å². The van der Waals surface area contributed by atoms with Crippen LogP contribution in [0.3, 0.4) is 0 Å². The van der Waals surface area contributed by atoms with Gasteiger partial charge in [-0.1, -0.05) is 60.7 Å². The number of aryl methyl sites for hydroxylation is 1. The van der Waals surface area contributed by atoms with Gasteiger partial charge in [-0.25, -0.2) is 0 Å². The van der Waals surface area contributed by atoms with Crippen LogP contribution in [0.5, 0.6) is 0 Å². The molecule has 5 nitrogen and oxygen atoms in total. The number of carbonyl (C=O) groups is 1. The van der Waals surface area contributed by atoms with E-state index in [0.717, 1.165) is 21.5 Å². The number of aliphatic hydroxyl groups is 1. The van der Waals surface area contributed by atoms with Gasteiger partial charge in [-0.15, -0.1) is 11.3 Å². The van der Waals surface area contributed by atoms with Crippen LogP contribution in [-0.2, 0) is 13.1 Å². The van der Waals surface area contributed by atoms with Gasteiger partial charge in [0.25, 0.3) is 5.91 Å². The van der Waals surface area contributed by atoms with Crippen molar-refractivity contribution in [3.8, 4) is 0 Å². The zero-order chi connectivity index (χ0) is 20.2. The fraction of sp³-hybridized carbons (Fsp3) is 0.217. The second-order valence-corrected chi connectivity index (χ2v) is 8.02. The molecule has 0 aliphatic heterocycles. The number of aliphatic hydroxyl groups excluding tert-OH is 1. The SMILES string of the molecule is Cc1nn(Cc2ccccc2)c2sc(C(=O)N(CCO)Cc3ccccc3)cc12. The van der Waals surface area contributed by atoms with Crippen LogP contribution in [0.15, 0.2) is 66.7 Å². The Morgan fingerprint density at radius 1 is 1.07 bits per heavy atom. The lowest BCUT2D eigenvalue weighted by Gasteiger charge is -2.21. The van der Waals surface area contributed by atoms with Gasteiger partial charge in [0.2, 0.25) is 0 Å². The molecule has 0 aliphatic rings. The summed E-state index contributed by atoms with van der Waals surface area (Å²) in [6.07, 6.45) is 0. The van der Waals surface area contributed by atoms with Gasteiger partial charge < -0.3 is 10.0 Å². The Morgan fingerprint density at radius 2 is 1.72 bits per heavy atom. The molecule has 2 aromatic carbocycles. The van der Waals surface area contributed by atoms with Crippen LogP contribution in [0.2, 0.25) is 0 Å². The van der Waals surface area contributed by atoms with Gasteiger partial charge in [0.15, 0.2) is 0 Å². The molecule has 2 aromatic heterocycles. The normalized spacial score (nSPS) is 11.1. The molecular weight excluding hydrogens is 382 g/mol. The highest BCUT2D eigenvalue weighted by atomic mass is 32.1. The molecule has 1 N–H and O–H groups in total. The van der Waals surface area contributed by atoms with Gasteiger partial charge >= 0.3 is 0 Å². The summed E-state index contributed by atoms with van der Waals surface area (Å²) in [5, 5.41) is 15.1. The number of rotatable bonds is 7. The molecule has 0 saturated carbocycles. The lowest BCUT2D eigenvalue weighted by molar-refractivity contribution is 0.0713. The summed E-state index contributed by atoms with van der Waals surface area (Å²) >= 11 is 1.46. The number of hydrogen-bond acceptors (Lipinski definition) is 4. The standard InChI is InChI=1S/C23H23N3O2S/c1-17-20-14-21(22(28)25(12-13-27)15-18-8-4-2-5-9-18)29-23(20)26(24-17)16-19-10-6-3-7-11-19/h2-11,14,27H,12-13,15-16H2,1H3. The van der Waals surface area contributed by atoms with E-state index in [-0.39, 0.29) is 12.5 Å². The van der Waals surface area contributed by atoms with E-state index >= 15 is 0 Å². The molecule has 4 rings (SSSR count). The third kappa shape index (κ3) is 4.23. The first-order valence-corrected chi connectivity index (χ1v) is 10.4. The molecule has 0 fully saturated rings. The van der Waals surface area contributed by atoms with Crippen LogP contribution in [0.1, 0.15) is 26.5 Å². The number of thiophene rings is 1. The van der Waals surface area contributed by atoms with Crippen molar-refractivity contribution in [3.05, 3.63) is 88.4 Å². The molecule has 1 amide bonds. The number of carbonyl (C=O) groups excluding carboxylic acids is 1. The fourth-order valence-corrected chi connectivity index (χ4v) is 4.54. The van der Waals surface area contributed by atoms with Crippen LogP contribution in [-0.4, -0.2) is 38.8 Å². The summed E-state index contributed by atoms with van der Waals surface area (Å²) in [7, 11) is 0. The Hall–Kier alpha value is -2.96. The predicted octanol–water partition coefficient (Wildman–Crippen LogP) is 4.09. The molecule has 0 saturated heterocycles. The Bertz CT molecular complexity index is 1100. The largest absolute Gasteiger partial charge is 0.395 e. The number of amides is 1. The monoisotopic (exact) mass is 405 g/mol. The topological polar surface area (TPSA) is 58.4 Å². The van der Waals surface area contributed by atoms with Gasteiger partial charge in [0.05, 0.1) is 23.7 Å². The second kappa shape index (κ2) is 8.59. The van der Waals surface area contributed by atoms with Crippen molar-refractivity contribution in [3.63, 3.8) is 0 Å². The van der Waals surface area contributed by atoms with E-state index in [1.54, 1.807) is 4.90 Å². The summed E-state index contributed by atoms with van der Waals surface area (Å²) in [6.45, 7) is 3.36. The van der Waals surface area contributed by atoms with Crippen LogP contribution in [0, 0.1) is 6.92 Å². The third-order valence-electron chi connectivity index (χ3n) is 4.87. The summed E-state index contributed by atoms with van der Waals surface area (Å²) < 4.78 is 1.97. The van der Waals surface area contributed by atoms with E-state index in [9.17, 15) is 9.90 Å². The number of fused-ring (bicyclic) bond motifs is 1. The van der Waals surface area contributed by atoms with Gasteiger partial charge in [0, 0.05) is 18.5 Å². The molecule has 0 spiro atoms. The lowest BCUT2D eigenvalue weighted by Crippen LogP contribution is -2.32. The lowest BCUT2D eigenvalue weighted by atomic mass is 10.2. The van der Waals surface area contributed by atoms with Gasteiger partial charge in [-0.05, 0) is 24.1 Å². The van der Waals surface area contributed by atoms with E-state index in [0.29, 0.717) is 24.5 Å². The van der Waals surface area contributed by atoms with Crippen molar-refractivity contribution >= 4 is 27.5 Å². The van der Waals surface area contributed by atoms with E-state index in [1.165, 1.54) is 16.9 Å². The Labute approximate surface area is 173 Å². The van der Waals surface area contributed by atoms with E-state index in [1.807, 2.05) is 66.2 Å². The molecule has 4 aromatic rings. The highest BCUT2D eigenvalue weighted by Crippen LogP contribution is 2.30. The van der Waals surface area contributed by atoms with E-state index < -0.39 is 0 Å². The maximum absolute atomic E-state index is 13.2. The molecular formula is C23H23N3O2S. The van der Waals surface area contributed by atoms with E-state index in [2.05, 4.69) is 17.2 Å². The molecule has 0 aliphatic carbocycles. The summed E-state index contributed by atoms with van der Waals surface area (Å²) in [5.41, 5.74) is 3.13. The van der Waals surface area contributed by atoms with Crippen molar-refractivity contribution in [1.29, 1.82) is 0 Å². The minimum absolute atomic E-state index is 0.0604. The highest BCUT2D eigenvalue weighted by Gasteiger charge is 2.21. The Kier molecular flexibility index (Phi) is 5.74.